The second kappa shape index (κ2) is 8.67. The Morgan fingerprint density at radius 3 is 2.52 bits per heavy atom. The van der Waals surface area contributed by atoms with Crippen LogP contribution in [0.2, 0.25) is 0 Å². The van der Waals surface area contributed by atoms with E-state index in [0.717, 1.165) is 31.5 Å². The van der Waals surface area contributed by atoms with Crippen LogP contribution in [0.15, 0.2) is 30.3 Å². The van der Waals surface area contributed by atoms with Crippen LogP contribution in [0.5, 0.6) is 0 Å². The molecule has 0 aromatic heterocycles. The van der Waals surface area contributed by atoms with Crippen LogP contribution in [0, 0.1) is 5.92 Å². The summed E-state index contributed by atoms with van der Waals surface area (Å²) in [5.41, 5.74) is 1.09. The van der Waals surface area contributed by atoms with Crippen molar-refractivity contribution in [2.75, 3.05) is 19.7 Å². The molecule has 0 aliphatic carbocycles. The molecule has 1 aromatic rings. The Balaban J connectivity index is 1.76. The minimum Gasteiger partial charge on any atom is -0.466 e. The van der Waals surface area contributed by atoms with Crippen molar-refractivity contribution in [2.24, 2.45) is 5.92 Å². The lowest BCUT2D eigenvalue weighted by Crippen LogP contribution is -2.48. The van der Waals surface area contributed by atoms with Gasteiger partial charge in [-0.1, -0.05) is 30.3 Å². The number of nitrogens with zero attached hydrogens (tertiary/aromatic N) is 1. The van der Waals surface area contributed by atoms with E-state index in [1.807, 2.05) is 44.2 Å². The Morgan fingerprint density at radius 1 is 1.26 bits per heavy atom. The summed E-state index contributed by atoms with van der Waals surface area (Å²) in [5.74, 6) is -0.0949. The maximum Gasteiger partial charge on any atom is 0.309 e. The quantitative estimate of drug-likeness (QED) is 0.815. The van der Waals surface area contributed by atoms with Gasteiger partial charge in [0, 0.05) is 6.54 Å². The summed E-state index contributed by atoms with van der Waals surface area (Å²) < 4.78 is 5.08. The van der Waals surface area contributed by atoms with Gasteiger partial charge in [0.1, 0.15) is 0 Å². The van der Waals surface area contributed by atoms with Gasteiger partial charge >= 0.3 is 5.97 Å². The van der Waals surface area contributed by atoms with Gasteiger partial charge in [-0.15, -0.1) is 0 Å². The minimum absolute atomic E-state index is 0.0224. The molecular formula is C18H26N2O3. The van der Waals surface area contributed by atoms with E-state index < -0.39 is 0 Å². The Morgan fingerprint density at radius 2 is 1.91 bits per heavy atom. The highest BCUT2D eigenvalue weighted by atomic mass is 16.5. The van der Waals surface area contributed by atoms with E-state index in [4.69, 9.17) is 4.74 Å². The molecule has 1 aliphatic rings. The highest BCUT2D eigenvalue weighted by Gasteiger charge is 2.30. The molecule has 2 rings (SSSR count). The zero-order valence-electron chi connectivity index (χ0n) is 14.0. The summed E-state index contributed by atoms with van der Waals surface area (Å²) >= 11 is 0. The van der Waals surface area contributed by atoms with Gasteiger partial charge < -0.3 is 10.1 Å². The van der Waals surface area contributed by atoms with Crippen molar-refractivity contribution in [3.8, 4) is 0 Å². The van der Waals surface area contributed by atoms with E-state index in [9.17, 15) is 9.59 Å². The van der Waals surface area contributed by atoms with E-state index in [1.54, 1.807) is 0 Å². The topological polar surface area (TPSA) is 58.6 Å². The first-order chi connectivity index (χ1) is 11.1. The molecule has 1 heterocycles. The Hall–Kier alpha value is -1.88. The predicted molar refractivity (Wildman–Crippen MR) is 88.7 cm³/mol. The number of esters is 1. The van der Waals surface area contributed by atoms with Crippen LogP contribution in [0.3, 0.4) is 0 Å². The third-order valence-corrected chi connectivity index (χ3v) is 4.39. The number of carbonyl (C=O) groups is 2. The summed E-state index contributed by atoms with van der Waals surface area (Å²) in [6, 6.07) is 9.70. The van der Waals surface area contributed by atoms with Gasteiger partial charge in [0.2, 0.25) is 5.91 Å². The first-order valence-electron chi connectivity index (χ1n) is 8.34. The molecule has 1 unspecified atom stereocenters. The van der Waals surface area contributed by atoms with Crippen molar-refractivity contribution in [3.05, 3.63) is 35.9 Å². The lowest BCUT2D eigenvalue weighted by atomic mass is 9.96. The molecule has 0 saturated carbocycles. The molecule has 0 spiro atoms. The number of hydrogen-bond donors (Lipinski definition) is 1. The number of carbonyl (C=O) groups excluding carboxylic acids is 2. The summed E-state index contributed by atoms with van der Waals surface area (Å²) in [4.78, 5) is 26.2. The number of likely N-dealkylation sites (tertiary alicyclic amines) is 1. The van der Waals surface area contributed by atoms with Crippen molar-refractivity contribution in [2.45, 2.75) is 39.3 Å². The van der Waals surface area contributed by atoms with Gasteiger partial charge in [-0.2, -0.15) is 0 Å². The Bertz CT molecular complexity index is 510. The number of rotatable bonds is 6. The lowest BCUT2D eigenvalue weighted by Gasteiger charge is -2.34. The molecule has 1 aromatic carbocycles. The molecule has 1 saturated heterocycles. The van der Waals surface area contributed by atoms with Crippen LogP contribution < -0.4 is 5.32 Å². The van der Waals surface area contributed by atoms with Gasteiger partial charge in [0.15, 0.2) is 0 Å². The van der Waals surface area contributed by atoms with Gasteiger partial charge in [-0.25, -0.2) is 0 Å². The van der Waals surface area contributed by atoms with Gasteiger partial charge in [0.05, 0.1) is 18.6 Å². The molecule has 0 bridgehead atoms. The summed E-state index contributed by atoms with van der Waals surface area (Å²) in [6.45, 7) is 6.23. The number of benzene rings is 1. The largest absolute Gasteiger partial charge is 0.466 e. The van der Waals surface area contributed by atoms with Gasteiger partial charge in [-0.3, -0.25) is 14.5 Å². The van der Waals surface area contributed by atoms with Crippen LogP contribution in [-0.2, 0) is 20.9 Å². The van der Waals surface area contributed by atoms with Crippen LogP contribution in [0.4, 0.5) is 0 Å². The molecule has 1 aliphatic heterocycles. The maximum absolute atomic E-state index is 12.3. The highest BCUT2D eigenvalue weighted by Crippen LogP contribution is 2.20. The fourth-order valence-corrected chi connectivity index (χ4v) is 2.88. The van der Waals surface area contributed by atoms with Crippen molar-refractivity contribution < 1.29 is 14.3 Å². The molecule has 5 nitrogen and oxygen atoms in total. The van der Waals surface area contributed by atoms with Crippen molar-refractivity contribution in [1.82, 2.24) is 10.2 Å². The fourth-order valence-electron chi connectivity index (χ4n) is 2.88. The third kappa shape index (κ3) is 5.06. The molecule has 1 amide bonds. The third-order valence-electron chi connectivity index (χ3n) is 4.39. The van der Waals surface area contributed by atoms with Crippen LogP contribution in [-0.4, -0.2) is 42.5 Å². The molecule has 1 N–H and O–H groups in total. The van der Waals surface area contributed by atoms with Gasteiger partial charge in [0.25, 0.3) is 0 Å². The molecule has 1 fully saturated rings. The van der Waals surface area contributed by atoms with Crippen LogP contribution in [0.25, 0.3) is 0 Å². The monoisotopic (exact) mass is 318 g/mol. The number of nitrogens with one attached hydrogen (secondary N) is 1. The van der Waals surface area contributed by atoms with E-state index >= 15 is 0 Å². The van der Waals surface area contributed by atoms with E-state index in [0.29, 0.717) is 13.2 Å². The normalized spacial score (nSPS) is 17.5. The molecule has 0 radical (unpaired) electrons. The lowest BCUT2D eigenvalue weighted by molar-refractivity contribution is -0.149. The Kier molecular flexibility index (Phi) is 6.59. The first-order valence-corrected chi connectivity index (χ1v) is 8.34. The first kappa shape index (κ1) is 17.5. The highest BCUT2D eigenvalue weighted by molar-refractivity contribution is 5.81. The van der Waals surface area contributed by atoms with Crippen LogP contribution in [0.1, 0.15) is 32.3 Å². The number of hydrogen-bond acceptors (Lipinski definition) is 4. The number of ether oxygens (including phenoxy) is 1. The van der Waals surface area contributed by atoms with E-state index in [2.05, 4.69) is 10.2 Å². The number of piperidine rings is 1. The van der Waals surface area contributed by atoms with Crippen molar-refractivity contribution in [1.29, 1.82) is 0 Å². The van der Waals surface area contributed by atoms with Gasteiger partial charge in [-0.05, 0) is 45.3 Å². The summed E-state index contributed by atoms with van der Waals surface area (Å²) in [7, 11) is 0. The molecule has 1 atom stereocenters. The minimum atomic E-state index is -0.179. The SMILES string of the molecule is CCOC(=O)C1CCN(C(C)C(=O)NCc2ccccc2)CC1. The molecule has 23 heavy (non-hydrogen) atoms. The fraction of sp³-hybridized carbons (Fsp3) is 0.556. The maximum atomic E-state index is 12.3. The summed E-state index contributed by atoms with van der Waals surface area (Å²) in [6.07, 6.45) is 1.52. The molecule has 126 valence electrons. The predicted octanol–water partition coefficient (Wildman–Crippen LogP) is 1.97. The number of amides is 1. The standard InChI is InChI=1S/C18H26N2O3/c1-3-23-18(22)16-9-11-20(12-10-16)14(2)17(21)19-13-15-7-5-4-6-8-15/h4-8,14,16H,3,9-13H2,1-2H3,(H,19,21). The van der Waals surface area contributed by atoms with Crippen LogP contribution >= 0.6 is 0 Å². The van der Waals surface area contributed by atoms with Crippen molar-refractivity contribution in [3.63, 3.8) is 0 Å². The second-order valence-electron chi connectivity index (χ2n) is 5.94. The van der Waals surface area contributed by atoms with E-state index in [-0.39, 0.29) is 23.8 Å². The smallest absolute Gasteiger partial charge is 0.309 e. The average molecular weight is 318 g/mol. The zero-order valence-corrected chi connectivity index (χ0v) is 14.0. The molecular weight excluding hydrogens is 292 g/mol. The van der Waals surface area contributed by atoms with Crippen molar-refractivity contribution >= 4 is 11.9 Å². The second-order valence-corrected chi connectivity index (χ2v) is 5.94. The average Bonchev–Trinajstić information content (AvgIpc) is 2.60. The molecule has 5 heteroatoms. The zero-order chi connectivity index (χ0) is 16.7. The summed E-state index contributed by atoms with van der Waals surface area (Å²) in [5, 5.41) is 2.98. The van der Waals surface area contributed by atoms with E-state index in [1.165, 1.54) is 0 Å². The Labute approximate surface area is 138 Å².